The SMILES string of the molecule is CC(Nc1ccc(=O)n(C)c1)c1ccc2c(c1)CCO2. The van der Waals surface area contributed by atoms with Crippen LogP contribution in [0.2, 0.25) is 0 Å². The van der Waals surface area contributed by atoms with E-state index in [-0.39, 0.29) is 11.6 Å². The molecule has 1 unspecified atom stereocenters. The average Bonchev–Trinajstić information content (AvgIpc) is 2.90. The maximum absolute atomic E-state index is 11.4. The summed E-state index contributed by atoms with van der Waals surface area (Å²) in [5.41, 5.74) is 3.44. The fraction of sp³-hybridized carbons (Fsp3) is 0.312. The van der Waals surface area contributed by atoms with Crippen LogP contribution >= 0.6 is 0 Å². The summed E-state index contributed by atoms with van der Waals surface area (Å²) in [5, 5.41) is 3.42. The van der Waals surface area contributed by atoms with Gasteiger partial charge in [0.05, 0.1) is 12.3 Å². The van der Waals surface area contributed by atoms with Gasteiger partial charge in [0.25, 0.3) is 0 Å². The van der Waals surface area contributed by atoms with Gasteiger partial charge in [-0.2, -0.15) is 0 Å². The highest BCUT2D eigenvalue weighted by atomic mass is 16.5. The molecular weight excluding hydrogens is 252 g/mol. The lowest BCUT2D eigenvalue weighted by Crippen LogP contribution is -2.16. The molecule has 1 aliphatic rings. The zero-order valence-corrected chi connectivity index (χ0v) is 11.7. The molecule has 0 radical (unpaired) electrons. The molecule has 1 aromatic carbocycles. The molecule has 2 aromatic rings. The van der Waals surface area contributed by atoms with Crippen molar-refractivity contribution in [3.63, 3.8) is 0 Å². The third-order valence-electron chi connectivity index (χ3n) is 3.68. The quantitative estimate of drug-likeness (QED) is 0.932. The smallest absolute Gasteiger partial charge is 0.250 e. The van der Waals surface area contributed by atoms with Crippen LogP contribution in [0.1, 0.15) is 24.1 Å². The molecule has 0 bridgehead atoms. The molecule has 2 heterocycles. The maximum atomic E-state index is 11.4. The number of nitrogens with zero attached hydrogens (tertiary/aromatic N) is 1. The lowest BCUT2D eigenvalue weighted by atomic mass is 10.0. The number of rotatable bonds is 3. The first kappa shape index (κ1) is 12.8. The second-order valence-corrected chi connectivity index (χ2v) is 5.20. The summed E-state index contributed by atoms with van der Waals surface area (Å²) >= 11 is 0. The van der Waals surface area contributed by atoms with Crippen LogP contribution in [0.15, 0.2) is 41.3 Å². The number of hydrogen-bond acceptors (Lipinski definition) is 3. The van der Waals surface area contributed by atoms with E-state index >= 15 is 0 Å². The lowest BCUT2D eigenvalue weighted by Gasteiger charge is -2.17. The first-order chi connectivity index (χ1) is 9.63. The predicted octanol–water partition coefficient (Wildman–Crippen LogP) is 2.49. The Labute approximate surface area is 118 Å². The van der Waals surface area contributed by atoms with Gasteiger partial charge in [0.1, 0.15) is 5.75 Å². The number of hydrogen-bond donors (Lipinski definition) is 1. The molecule has 1 aromatic heterocycles. The summed E-state index contributed by atoms with van der Waals surface area (Å²) in [6.45, 7) is 2.89. The Morgan fingerprint density at radius 2 is 2.15 bits per heavy atom. The summed E-state index contributed by atoms with van der Waals surface area (Å²) in [7, 11) is 1.75. The normalized spacial score (nSPS) is 14.5. The minimum absolute atomic E-state index is 0.00196. The van der Waals surface area contributed by atoms with E-state index < -0.39 is 0 Å². The number of benzene rings is 1. The number of pyridine rings is 1. The second-order valence-electron chi connectivity index (χ2n) is 5.20. The lowest BCUT2D eigenvalue weighted by molar-refractivity contribution is 0.357. The molecule has 20 heavy (non-hydrogen) atoms. The summed E-state index contributed by atoms with van der Waals surface area (Å²) in [6, 6.07) is 9.89. The second kappa shape index (κ2) is 5.04. The van der Waals surface area contributed by atoms with Crippen molar-refractivity contribution in [1.29, 1.82) is 0 Å². The van der Waals surface area contributed by atoms with Gasteiger partial charge in [0.15, 0.2) is 0 Å². The molecule has 3 rings (SSSR count). The summed E-state index contributed by atoms with van der Waals surface area (Å²) in [4.78, 5) is 11.4. The summed E-state index contributed by atoms with van der Waals surface area (Å²) in [5.74, 6) is 1.00. The van der Waals surface area contributed by atoms with Crippen LogP contribution in [0.25, 0.3) is 0 Å². The van der Waals surface area contributed by atoms with E-state index in [1.165, 1.54) is 11.1 Å². The monoisotopic (exact) mass is 270 g/mol. The highest BCUT2D eigenvalue weighted by Gasteiger charge is 2.14. The Balaban J connectivity index is 1.80. The number of aromatic nitrogens is 1. The Morgan fingerprint density at radius 1 is 1.30 bits per heavy atom. The van der Waals surface area contributed by atoms with E-state index in [4.69, 9.17) is 4.74 Å². The van der Waals surface area contributed by atoms with Crippen LogP contribution < -0.4 is 15.6 Å². The number of anilines is 1. The van der Waals surface area contributed by atoms with E-state index in [2.05, 4.69) is 24.4 Å². The topological polar surface area (TPSA) is 43.3 Å². The largest absolute Gasteiger partial charge is 0.493 e. The fourth-order valence-electron chi connectivity index (χ4n) is 2.49. The van der Waals surface area contributed by atoms with Crippen molar-refractivity contribution in [2.45, 2.75) is 19.4 Å². The third kappa shape index (κ3) is 2.41. The average molecular weight is 270 g/mol. The molecule has 0 saturated carbocycles. The Morgan fingerprint density at radius 3 is 2.95 bits per heavy atom. The highest BCUT2D eigenvalue weighted by molar-refractivity contribution is 5.46. The van der Waals surface area contributed by atoms with E-state index in [0.29, 0.717) is 0 Å². The van der Waals surface area contributed by atoms with E-state index in [0.717, 1.165) is 24.5 Å². The van der Waals surface area contributed by atoms with Crippen LogP contribution in [0, 0.1) is 0 Å². The zero-order chi connectivity index (χ0) is 14.1. The van der Waals surface area contributed by atoms with Crippen LogP contribution in [-0.4, -0.2) is 11.2 Å². The number of fused-ring (bicyclic) bond motifs is 1. The van der Waals surface area contributed by atoms with Crippen molar-refractivity contribution in [1.82, 2.24) is 4.57 Å². The van der Waals surface area contributed by atoms with Gasteiger partial charge < -0.3 is 14.6 Å². The van der Waals surface area contributed by atoms with Gasteiger partial charge in [-0.3, -0.25) is 4.79 Å². The van der Waals surface area contributed by atoms with Gasteiger partial charge in [-0.15, -0.1) is 0 Å². The van der Waals surface area contributed by atoms with Crippen LogP contribution in [0.4, 0.5) is 5.69 Å². The van der Waals surface area contributed by atoms with Gasteiger partial charge in [-0.05, 0) is 36.2 Å². The molecule has 0 saturated heterocycles. The molecule has 1 N–H and O–H groups in total. The van der Waals surface area contributed by atoms with Gasteiger partial charge in [0, 0.05) is 31.8 Å². The van der Waals surface area contributed by atoms with Crippen molar-refractivity contribution < 1.29 is 4.74 Å². The Kier molecular flexibility index (Phi) is 3.22. The Hall–Kier alpha value is -2.23. The molecule has 0 aliphatic carbocycles. The van der Waals surface area contributed by atoms with Crippen LogP contribution in [0.5, 0.6) is 5.75 Å². The molecule has 4 nitrogen and oxygen atoms in total. The first-order valence-corrected chi connectivity index (χ1v) is 6.82. The summed E-state index contributed by atoms with van der Waals surface area (Å²) < 4.78 is 7.10. The molecule has 0 spiro atoms. The first-order valence-electron chi connectivity index (χ1n) is 6.82. The van der Waals surface area contributed by atoms with Gasteiger partial charge in [0.2, 0.25) is 5.56 Å². The molecule has 1 atom stereocenters. The standard InChI is InChI=1S/C16H18N2O2/c1-11(17-14-4-6-16(19)18(2)10-14)12-3-5-15-13(9-12)7-8-20-15/h3-6,9-11,17H,7-8H2,1-2H3. The maximum Gasteiger partial charge on any atom is 0.250 e. The van der Waals surface area contributed by atoms with Crippen LogP contribution in [0.3, 0.4) is 0 Å². The number of nitrogens with one attached hydrogen (secondary N) is 1. The van der Waals surface area contributed by atoms with Crippen molar-refractivity contribution in [2.75, 3.05) is 11.9 Å². The molecule has 4 heteroatoms. The third-order valence-corrected chi connectivity index (χ3v) is 3.68. The summed E-state index contributed by atoms with van der Waals surface area (Å²) in [6.07, 6.45) is 2.80. The van der Waals surface area contributed by atoms with Crippen molar-refractivity contribution >= 4 is 5.69 Å². The molecular formula is C16H18N2O2. The molecule has 0 amide bonds. The zero-order valence-electron chi connectivity index (χ0n) is 11.7. The van der Waals surface area contributed by atoms with Crippen molar-refractivity contribution in [3.05, 3.63) is 58.0 Å². The Bertz CT molecular complexity index is 691. The molecule has 1 aliphatic heterocycles. The number of ether oxygens (including phenoxy) is 1. The highest BCUT2D eigenvalue weighted by Crippen LogP contribution is 2.29. The van der Waals surface area contributed by atoms with E-state index in [1.54, 1.807) is 17.7 Å². The van der Waals surface area contributed by atoms with Crippen molar-refractivity contribution in [3.8, 4) is 5.75 Å². The van der Waals surface area contributed by atoms with E-state index in [1.807, 2.05) is 18.3 Å². The minimum atomic E-state index is -0.00196. The van der Waals surface area contributed by atoms with Crippen LogP contribution in [-0.2, 0) is 13.5 Å². The predicted molar refractivity (Wildman–Crippen MR) is 79.4 cm³/mol. The molecule has 0 fully saturated rings. The van der Waals surface area contributed by atoms with Gasteiger partial charge in [-0.1, -0.05) is 6.07 Å². The van der Waals surface area contributed by atoms with Gasteiger partial charge >= 0.3 is 0 Å². The van der Waals surface area contributed by atoms with Crippen molar-refractivity contribution in [2.24, 2.45) is 7.05 Å². The molecule has 104 valence electrons. The van der Waals surface area contributed by atoms with Gasteiger partial charge in [-0.25, -0.2) is 0 Å². The minimum Gasteiger partial charge on any atom is -0.493 e. The van der Waals surface area contributed by atoms with E-state index in [9.17, 15) is 4.79 Å². The fourth-order valence-corrected chi connectivity index (χ4v) is 2.49. The number of aryl methyl sites for hydroxylation is 1.